The van der Waals surface area contributed by atoms with E-state index in [-0.39, 0.29) is 0 Å². The van der Waals surface area contributed by atoms with Crippen molar-refractivity contribution in [1.82, 2.24) is 0 Å². The third-order valence-electron chi connectivity index (χ3n) is 4.79. The zero-order chi connectivity index (χ0) is 19.1. The van der Waals surface area contributed by atoms with E-state index >= 15 is 0 Å². The van der Waals surface area contributed by atoms with Crippen LogP contribution in [-0.4, -0.2) is 24.3 Å². The molecule has 0 spiro atoms. The van der Waals surface area contributed by atoms with Crippen molar-refractivity contribution in [2.75, 3.05) is 13.2 Å². The predicted octanol–water partition coefficient (Wildman–Crippen LogP) is 7.06. The number of hydrogen-bond acceptors (Lipinski definition) is 3. The average Bonchev–Trinajstić information content (AvgIpc) is 2.60. The second kappa shape index (κ2) is 22.4. The molecular formula is C22H44O4. The van der Waals surface area contributed by atoms with Crippen LogP contribution in [0, 0.1) is 0 Å². The first kappa shape index (κ1) is 25.4. The monoisotopic (exact) mass is 372 g/mol. The van der Waals surface area contributed by atoms with Gasteiger partial charge in [0.05, 0.1) is 13.2 Å². The second-order valence-electron chi connectivity index (χ2n) is 7.53. The van der Waals surface area contributed by atoms with E-state index in [0.29, 0.717) is 0 Å². The second-order valence-corrected chi connectivity index (χ2v) is 7.53. The van der Waals surface area contributed by atoms with Gasteiger partial charge in [-0.2, -0.15) is 0 Å². The smallest absolute Gasteiger partial charge is 0.300 e. The molecule has 4 heteroatoms. The molecule has 1 saturated heterocycles. The quantitative estimate of drug-likeness (QED) is 0.462. The van der Waals surface area contributed by atoms with E-state index in [0.717, 1.165) is 33.0 Å². The minimum Gasteiger partial charge on any atom is -0.481 e. The van der Waals surface area contributed by atoms with Crippen molar-refractivity contribution >= 4 is 5.97 Å². The van der Waals surface area contributed by atoms with Crippen molar-refractivity contribution < 1.29 is 19.7 Å². The van der Waals surface area contributed by atoms with Gasteiger partial charge >= 0.3 is 0 Å². The fraction of sp³-hybridized carbons (Fsp3) is 0.955. The van der Waals surface area contributed by atoms with Crippen LogP contribution in [-0.2, 0) is 14.6 Å². The Labute approximate surface area is 162 Å². The van der Waals surface area contributed by atoms with Crippen LogP contribution in [0.3, 0.4) is 0 Å². The van der Waals surface area contributed by atoms with Gasteiger partial charge in [0, 0.05) is 6.92 Å². The summed E-state index contributed by atoms with van der Waals surface area (Å²) in [5, 5.41) is 7.42. The molecule has 0 radical (unpaired) electrons. The molecule has 156 valence electrons. The highest BCUT2D eigenvalue weighted by molar-refractivity contribution is 5.62. The van der Waals surface area contributed by atoms with Gasteiger partial charge < -0.3 is 5.11 Å². The minimum absolute atomic E-state index is 0.778. The average molecular weight is 373 g/mol. The molecule has 26 heavy (non-hydrogen) atoms. The molecule has 1 aliphatic rings. The molecule has 1 fully saturated rings. The third kappa shape index (κ3) is 25.6. The van der Waals surface area contributed by atoms with Gasteiger partial charge in [-0.15, -0.1) is 0 Å². The van der Waals surface area contributed by atoms with Gasteiger partial charge in [-0.3, -0.25) is 4.79 Å². The standard InChI is InChI=1S/C20H40O2.C2H4O2/c1-2-4-6-8-10-12-14-16-18-20-22-21-19-17-15-13-11-9-7-5-3-1;1-2(3)4/h1-20H2;1H3,(H,3,4). The maximum absolute atomic E-state index is 9.00. The summed E-state index contributed by atoms with van der Waals surface area (Å²) in [6.45, 7) is 2.64. The summed E-state index contributed by atoms with van der Waals surface area (Å²) >= 11 is 0. The molecular weight excluding hydrogens is 328 g/mol. The number of aliphatic carboxylic acids is 1. The highest BCUT2D eigenvalue weighted by atomic mass is 17.2. The normalized spacial score (nSPS) is 21.3. The van der Waals surface area contributed by atoms with Gasteiger partial charge in [-0.1, -0.05) is 103 Å². The Morgan fingerprint density at radius 1 is 0.500 bits per heavy atom. The Morgan fingerprint density at radius 2 is 0.654 bits per heavy atom. The Balaban J connectivity index is 0.00000141. The molecule has 0 unspecified atom stereocenters. The molecule has 0 bridgehead atoms. The van der Waals surface area contributed by atoms with Crippen molar-refractivity contribution in [2.45, 2.75) is 122 Å². The fourth-order valence-electron chi connectivity index (χ4n) is 3.27. The van der Waals surface area contributed by atoms with Crippen LogP contribution in [0.25, 0.3) is 0 Å². The van der Waals surface area contributed by atoms with Gasteiger partial charge in [0.1, 0.15) is 0 Å². The summed E-state index contributed by atoms with van der Waals surface area (Å²) in [7, 11) is 0. The van der Waals surface area contributed by atoms with Gasteiger partial charge in [-0.05, 0) is 12.8 Å². The summed E-state index contributed by atoms with van der Waals surface area (Å²) in [6.07, 6.45) is 25.0. The van der Waals surface area contributed by atoms with Gasteiger partial charge in [-0.25, -0.2) is 9.78 Å². The van der Waals surface area contributed by atoms with Gasteiger partial charge in [0.25, 0.3) is 5.97 Å². The number of carboxylic acids is 1. The van der Waals surface area contributed by atoms with E-state index in [1.54, 1.807) is 0 Å². The van der Waals surface area contributed by atoms with Crippen LogP contribution in [0.2, 0.25) is 0 Å². The van der Waals surface area contributed by atoms with Crippen LogP contribution < -0.4 is 0 Å². The highest BCUT2D eigenvalue weighted by Crippen LogP contribution is 2.14. The topological polar surface area (TPSA) is 55.8 Å². The zero-order valence-corrected chi connectivity index (χ0v) is 17.3. The molecule has 0 aromatic carbocycles. The molecule has 0 amide bonds. The summed E-state index contributed by atoms with van der Waals surface area (Å²) in [5.74, 6) is -0.833. The molecule has 0 saturated carbocycles. The first-order valence-electron chi connectivity index (χ1n) is 11.2. The lowest BCUT2D eigenvalue weighted by Crippen LogP contribution is -1.99. The lowest BCUT2D eigenvalue weighted by Gasteiger charge is -2.06. The molecule has 0 aromatic rings. The first-order chi connectivity index (χ1) is 12.7. The molecule has 0 aromatic heterocycles. The minimum atomic E-state index is -0.833. The molecule has 1 aliphatic heterocycles. The number of carboxylic acid groups (broad SMARTS) is 1. The first-order valence-corrected chi connectivity index (χ1v) is 11.2. The number of hydrogen-bond donors (Lipinski definition) is 1. The van der Waals surface area contributed by atoms with Crippen molar-refractivity contribution in [1.29, 1.82) is 0 Å². The van der Waals surface area contributed by atoms with Crippen molar-refractivity contribution in [3.63, 3.8) is 0 Å². The maximum Gasteiger partial charge on any atom is 0.300 e. The van der Waals surface area contributed by atoms with E-state index in [4.69, 9.17) is 19.7 Å². The van der Waals surface area contributed by atoms with E-state index in [9.17, 15) is 0 Å². The van der Waals surface area contributed by atoms with E-state index in [1.807, 2.05) is 0 Å². The van der Waals surface area contributed by atoms with Gasteiger partial charge in [0.2, 0.25) is 0 Å². The Morgan fingerprint density at radius 3 is 0.846 bits per heavy atom. The van der Waals surface area contributed by atoms with Crippen molar-refractivity contribution in [3.8, 4) is 0 Å². The molecule has 4 nitrogen and oxygen atoms in total. The van der Waals surface area contributed by atoms with Crippen LogP contribution in [0.15, 0.2) is 0 Å². The lowest BCUT2D eigenvalue weighted by atomic mass is 10.0. The molecule has 1 N–H and O–H groups in total. The van der Waals surface area contributed by atoms with E-state index < -0.39 is 5.97 Å². The Kier molecular flexibility index (Phi) is 21.9. The predicted molar refractivity (Wildman–Crippen MR) is 108 cm³/mol. The Bertz CT molecular complexity index is 179. The summed E-state index contributed by atoms with van der Waals surface area (Å²) in [6, 6.07) is 0. The highest BCUT2D eigenvalue weighted by Gasteiger charge is 1.97. The fourth-order valence-corrected chi connectivity index (χ4v) is 3.27. The largest absolute Gasteiger partial charge is 0.481 e. The SMILES string of the molecule is C1CCCCCCCCCCOOCCCCCCCCC1.CC(=O)O. The summed E-state index contributed by atoms with van der Waals surface area (Å²) in [4.78, 5) is 19.5. The van der Waals surface area contributed by atoms with Crippen molar-refractivity contribution in [2.24, 2.45) is 0 Å². The van der Waals surface area contributed by atoms with Crippen molar-refractivity contribution in [3.05, 3.63) is 0 Å². The maximum atomic E-state index is 9.00. The zero-order valence-electron chi connectivity index (χ0n) is 17.3. The van der Waals surface area contributed by atoms with Gasteiger partial charge in [0.15, 0.2) is 0 Å². The molecule has 0 atom stereocenters. The number of carbonyl (C=O) groups is 1. The molecule has 1 heterocycles. The van der Waals surface area contributed by atoms with E-state index in [2.05, 4.69) is 0 Å². The van der Waals surface area contributed by atoms with Crippen LogP contribution in [0.4, 0.5) is 0 Å². The number of rotatable bonds is 0. The molecule has 1 rings (SSSR count). The van der Waals surface area contributed by atoms with Crippen LogP contribution >= 0.6 is 0 Å². The van der Waals surface area contributed by atoms with E-state index in [1.165, 1.54) is 103 Å². The third-order valence-corrected chi connectivity index (χ3v) is 4.79. The van der Waals surface area contributed by atoms with Crippen LogP contribution in [0.5, 0.6) is 0 Å². The summed E-state index contributed by atoms with van der Waals surface area (Å²) in [5.41, 5.74) is 0. The summed E-state index contributed by atoms with van der Waals surface area (Å²) < 4.78 is 0. The van der Waals surface area contributed by atoms with Crippen LogP contribution in [0.1, 0.15) is 122 Å². The molecule has 0 aliphatic carbocycles. The lowest BCUT2D eigenvalue weighted by molar-refractivity contribution is -0.295. The Hall–Kier alpha value is -0.610.